The third-order valence-corrected chi connectivity index (χ3v) is 7.28. The molecule has 4 rings (SSSR count). The first kappa shape index (κ1) is 22.9. The van der Waals surface area contributed by atoms with Crippen LogP contribution in [0.15, 0.2) is 40.4 Å². The van der Waals surface area contributed by atoms with Gasteiger partial charge < -0.3 is 20.4 Å². The molecule has 0 bridgehead atoms. The third-order valence-electron chi connectivity index (χ3n) is 5.99. The van der Waals surface area contributed by atoms with E-state index in [0.717, 1.165) is 4.88 Å². The van der Waals surface area contributed by atoms with Crippen LogP contribution in [0.25, 0.3) is 0 Å². The van der Waals surface area contributed by atoms with Crippen molar-refractivity contribution in [1.29, 1.82) is 0 Å². The van der Waals surface area contributed by atoms with Crippen molar-refractivity contribution in [3.05, 3.63) is 50.9 Å². The van der Waals surface area contributed by atoms with Crippen LogP contribution in [0.5, 0.6) is 0 Å². The highest BCUT2D eigenvalue weighted by molar-refractivity contribution is 9.10. The molecule has 3 amide bonds. The van der Waals surface area contributed by atoms with Gasteiger partial charge in [-0.05, 0) is 65.8 Å². The minimum absolute atomic E-state index is 0.0151. The van der Waals surface area contributed by atoms with Crippen LogP contribution < -0.4 is 10.6 Å². The smallest absolute Gasteiger partial charge is 0.263 e. The lowest BCUT2D eigenvalue weighted by atomic mass is 9.86. The van der Waals surface area contributed by atoms with Crippen LogP contribution >= 0.6 is 27.3 Å². The molecule has 0 aromatic carbocycles. The fraction of sp³-hybridized carbons (Fsp3) is 0.455. The van der Waals surface area contributed by atoms with Gasteiger partial charge in [0, 0.05) is 43.0 Å². The topological polar surface area (TPSA) is 94.6 Å². The van der Waals surface area contributed by atoms with Crippen molar-refractivity contribution < 1.29 is 14.4 Å². The van der Waals surface area contributed by atoms with Gasteiger partial charge in [-0.1, -0.05) is 6.07 Å². The second kappa shape index (κ2) is 10.1. The second-order valence-corrected chi connectivity index (χ2v) is 9.96. The quantitative estimate of drug-likeness (QED) is 0.645. The van der Waals surface area contributed by atoms with Crippen LogP contribution in [0.3, 0.4) is 0 Å². The highest BCUT2D eigenvalue weighted by Crippen LogP contribution is 2.24. The first-order valence-corrected chi connectivity index (χ1v) is 12.4. The fourth-order valence-corrected chi connectivity index (χ4v) is 5.31. The summed E-state index contributed by atoms with van der Waals surface area (Å²) in [5.74, 6) is -0.361. The minimum atomic E-state index is -0.961. The van der Waals surface area contributed by atoms with Gasteiger partial charge in [-0.15, -0.1) is 11.3 Å². The number of piperidine rings is 1. The summed E-state index contributed by atoms with van der Waals surface area (Å²) in [6.45, 7) is 3.43. The van der Waals surface area contributed by atoms with E-state index in [1.54, 1.807) is 12.3 Å². The number of hydrogen-bond donors (Lipinski definition) is 2. The van der Waals surface area contributed by atoms with Crippen molar-refractivity contribution in [2.24, 2.45) is 0 Å². The van der Waals surface area contributed by atoms with Crippen LogP contribution in [-0.4, -0.2) is 77.3 Å². The van der Waals surface area contributed by atoms with E-state index in [-0.39, 0.29) is 17.7 Å². The Balaban J connectivity index is 1.48. The number of aromatic nitrogens is 1. The molecule has 8 nitrogen and oxygen atoms in total. The molecule has 4 heterocycles. The van der Waals surface area contributed by atoms with Gasteiger partial charge in [0.25, 0.3) is 11.8 Å². The second-order valence-electron chi connectivity index (χ2n) is 8.09. The Morgan fingerprint density at radius 2 is 1.84 bits per heavy atom. The lowest BCUT2D eigenvalue weighted by Gasteiger charge is -2.40. The number of hydrogen-bond acceptors (Lipinski definition) is 6. The number of nitrogens with one attached hydrogen (secondary N) is 2. The number of halogens is 1. The molecule has 0 unspecified atom stereocenters. The summed E-state index contributed by atoms with van der Waals surface area (Å²) in [7, 11) is 0. The summed E-state index contributed by atoms with van der Waals surface area (Å²) in [6.07, 6.45) is 4.86. The van der Waals surface area contributed by atoms with Crippen molar-refractivity contribution in [3.8, 4) is 0 Å². The number of pyridine rings is 1. The molecule has 2 aliphatic rings. The highest BCUT2D eigenvalue weighted by Gasteiger charge is 2.44. The van der Waals surface area contributed by atoms with Gasteiger partial charge in [-0.2, -0.15) is 0 Å². The van der Waals surface area contributed by atoms with Gasteiger partial charge in [0.2, 0.25) is 5.91 Å². The highest BCUT2D eigenvalue weighted by atomic mass is 79.9. The van der Waals surface area contributed by atoms with Gasteiger partial charge in [0.15, 0.2) is 0 Å². The molecular formula is C22H26BrN5O3S. The molecule has 0 saturated carbocycles. The van der Waals surface area contributed by atoms with Crippen molar-refractivity contribution in [2.45, 2.75) is 24.8 Å². The Hall–Kier alpha value is -2.30. The zero-order valence-corrected chi connectivity index (χ0v) is 20.1. The summed E-state index contributed by atoms with van der Waals surface area (Å²) in [4.78, 5) is 47.9. The van der Waals surface area contributed by atoms with Gasteiger partial charge in [0.1, 0.15) is 5.54 Å². The fourth-order valence-electron chi connectivity index (χ4n) is 4.25. The Kier molecular flexibility index (Phi) is 7.22. The Bertz CT molecular complexity index is 978. The molecule has 0 spiro atoms. The molecule has 0 atom stereocenters. The first-order valence-electron chi connectivity index (χ1n) is 10.7. The van der Waals surface area contributed by atoms with E-state index < -0.39 is 5.54 Å². The predicted octanol–water partition coefficient (Wildman–Crippen LogP) is 2.13. The van der Waals surface area contributed by atoms with Gasteiger partial charge >= 0.3 is 0 Å². The van der Waals surface area contributed by atoms with Crippen molar-refractivity contribution in [3.63, 3.8) is 0 Å². The average Bonchev–Trinajstić information content (AvgIpc) is 3.23. The van der Waals surface area contributed by atoms with Crippen LogP contribution in [0, 0.1) is 0 Å². The Morgan fingerprint density at radius 1 is 1.09 bits per heavy atom. The summed E-state index contributed by atoms with van der Waals surface area (Å²) in [6, 6.07) is 5.40. The van der Waals surface area contributed by atoms with Crippen LogP contribution in [0.4, 0.5) is 0 Å². The van der Waals surface area contributed by atoms with Gasteiger partial charge in [0.05, 0.1) is 10.4 Å². The summed E-state index contributed by atoms with van der Waals surface area (Å²) >= 11 is 4.77. The van der Waals surface area contributed by atoms with Crippen molar-refractivity contribution in [2.75, 3.05) is 39.3 Å². The Labute approximate surface area is 199 Å². The number of thiophene rings is 1. The average molecular weight is 520 g/mol. The SMILES string of the molecule is O=C(NC1(C(=O)N2CCCN(C(=O)c3cccs3)CC2)CCNCC1)c1cncc(Br)c1. The number of carbonyl (C=O) groups is 3. The standard InChI is InChI=1S/C22H26BrN5O3S/c23-17-13-16(14-25-15-17)19(29)26-22(4-6-24-7-5-22)21(31)28-9-2-8-27(10-11-28)20(30)18-3-1-12-32-18/h1,3,12-15,24H,2,4-11H2,(H,26,29). The number of nitrogens with zero attached hydrogens (tertiary/aromatic N) is 3. The van der Waals surface area contributed by atoms with Crippen molar-refractivity contribution in [1.82, 2.24) is 25.4 Å². The Morgan fingerprint density at radius 3 is 2.56 bits per heavy atom. The monoisotopic (exact) mass is 519 g/mol. The lowest BCUT2D eigenvalue weighted by Crippen LogP contribution is -2.63. The maximum absolute atomic E-state index is 13.7. The summed E-state index contributed by atoms with van der Waals surface area (Å²) < 4.78 is 0.707. The maximum Gasteiger partial charge on any atom is 0.263 e. The van der Waals surface area contributed by atoms with E-state index in [4.69, 9.17) is 0 Å². The molecule has 2 saturated heterocycles. The molecule has 2 aliphatic heterocycles. The van der Waals surface area contributed by atoms with E-state index in [1.165, 1.54) is 17.5 Å². The minimum Gasteiger partial charge on any atom is -0.339 e. The van der Waals surface area contributed by atoms with E-state index in [2.05, 4.69) is 31.5 Å². The lowest BCUT2D eigenvalue weighted by molar-refractivity contribution is -0.139. The van der Waals surface area contributed by atoms with Crippen LogP contribution in [-0.2, 0) is 4.79 Å². The number of carbonyl (C=O) groups excluding carboxylic acids is 3. The molecule has 32 heavy (non-hydrogen) atoms. The van der Waals surface area contributed by atoms with E-state index in [0.29, 0.717) is 68.6 Å². The summed E-state index contributed by atoms with van der Waals surface area (Å²) in [5.41, 5.74) is -0.550. The summed E-state index contributed by atoms with van der Waals surface area (Å²) in [5, 5.41) is 8.21. The molecule has 2 aromatic heterocycles. The molecule has 2 fully saturated rings. The zero-order valence-electron chi connectivity index (χ0n) is 17.7. The predicted molar refractivity (Wildman–Crippen MR) is 126 cm³/mol. The molecule has 2 N–H and O–H groups in total. The third kappa shape index (κ3) is 5.02. The van der Waals surface area contributed by atoms with Gasteiger partial charge in [-0.3, -0.25) is 19.4 Å². The van der Waals surface area contributed by atoms with Crippen LogP contribution in [0.1, 0.15) is 39.3 Å². The first-order chi connectivity index (χ1) is 15.5. The largest absolute Gasteiger partial charge is 0.339 e. The number of rotatable bonds is 4. The molecule has 0 radical (unpaired) electrons. The molecule has 170 valence electrons. The van der Waals surface area contributed by atoms with Gasteiger partial charge in [-0.25, -0.2) is 0 Å². The number of amides is 3. The zero-order chi connectivity index (χ0) is 22.6. The molecule has 10 heteroatoms. The van der Waals surface area contributed by atoms with E-state index >= 15 is 0 Å². The molecular weight excluding hydrogens is 494 g/mol. The van der Waals surface area contributed by atoms with E-state index in [1.807, 2.05) is 27.3 Å². The maximum atomic E-state index is 13.7. The normalized spacial score (nSPS) is 18.7. The van der Waals surface area contributed by atoms with Crippen molar-refractivity contribution >= 4 is 45.0 Å². The molecule has 0 aliphatic carbocycles. The van der Waals surface area contributed by atoms with E-state index in [9.17, 15) is 14.4 Å². The van der Waals surface area contributed by atoms with Crippen LogP contribution in [0.2, 0.25) is 0 Å². The molecule has 2 aromatic rings.